The fourth-order valence-corrected chi connectivity index (χ4v) is 1.90. The zero-order chi connectivity index (χ0) is 11.6. The molecule has 16 heavy (non-hydrogen) atoms. The maximum Gasteiger partial charge on any atom is 0.0589 e. The Bertz CT molecular complexity index is 284. The van der Waals surface area contributed by atoms with Gasteiger partial charge >= 0.3 is 0 Å². The van der Waals surface area contributed by atoms with E-state index in [0.717, 1.165) is 17.8 Å². The lowest BCUT2D eigenvalue weighted by atomic mass is 10.1. The first-order valence-electron chi connectivity index (χ1n) is 6.60. The Balaban J connectivity index is 2.03. The standard InChI is InChI=1S/C14H24N2/c1-3-4-5-6-7-8-9-10-14-12-15-11-13(2)16-14/h11-12H,3-10H2,1-2H3. The maximum atomic E-state index is 4.46. The Hall–Kier alpha value is -0.920. The van der Waals surface area contributed by atoms with Crippen molar-refractivity contribution in [1.82, 2.24) is 9.97 Å². The van der Waals surface area contributed by atoms with Crippen molar-refractivity contribution in [1.29, 1.82) is 0 Å². The van der Waals surface area contributed by atoms with Crippen LogP contribution < -0.4 is 0 Å². The van der Waals surface area contributed by atoms with Gasteiger partial charge in [-0.2, -0.15) is 0 Å². The van der Waals surface area contributed by atoms with Crippen LogP contribution in [0, 0.1) is 6.92 Å². The highest BCUT2D eigenvalue weighted by atomic mass is 14.8. The molecular formula is C14H24N2. The van der Waals surface area contributed by atoms with Crippen LogP contribution in [0.2, 0.25) is 0 Å². The molecule has 0 amide bonds. The van der Waals surface area contributed by atoms with Gasteiger partial charge in [-0.15, -0.1) is 0 Å². The number of unbranched alkanes of at least 4 members (excludes halogenated alkanes) is 6. The predicted octanol–water partition coefficient (Wildman–Crippen LogP) is 4.08. The number of aromatic nitrogens is 2. The highest BCUT2D eigenvalue weighted by Crippen LogP contribution is 2.09. The molecule has 0 spiro atoms. The fraction of sp³-hybridized carbons (Fsp3) is 0.714. The number of rotatable bonds is 8. The number of hydrogen-bond acceptors (Lipinski definition) is 2. The van der Waals surface area contributed by atoms with Crippen molar-refractivity contribution in [2.75, 3.05) is 0 Å². The van der Waals surface area contributed by atoms with Gasteiger partial charge in [0.05, 0.1) is 11.4 Å². The van der Waals surface area contributed by atoms with Crippen molar-refractivity contribution < 1.29 is 0 Å². The average Bonchev–Trinajstić information content (AvgIpc) is 2.28. The van der Waals surface area contributed by atoms with Crippen LogP contribution in [-0.4, -0.2) is 9.97 Å². The molecular weight excluding hydrogens is 196 g/mol. The van der Waals surface area contributed by atoms with Gasteiger partial charge in [-0.1, -0.05) is 45.4 Å². The third kappa shape index (κ3) is 5.84. The summed E-state index contributed by atoms with van der Waals surface area (Å²) in [6, 6.07) is 0. The molecule has 0 bridgehead atoms. The van der Waals surface area contributed by atoms with E-state index in [4.69, 9.17) is 0 Å². The molecule has 1 aromatic heterocycles. The predicted molar refractivity (Wildman–Crippen MR) is 68.5 cm³/mol. The quantitative estimate of drug-likeness (QED) is 0.617. The molecule has 1 aromatic rings. The monoisotopic (exact) mass is 220 g/mol. The highest BCUT2D eigenvalue weighted by Gasteiger charge is 1.96. The van der Waals surface area contributed by atoms with Gasteiger partial charge in [0.25, 0.3) is 0 Å². The molecule has 0 aliphatic heterocycles. The van der Waals surface area contributed by atoms with Crippen molar-refractivity contribution in [3.8, 4) is 0 Å². The molecule has 1 rings (SSSR count). The van der Waals surface area contributed by atoms with Crippen LogP contribution in [0.15, 0.2) is 12.4 Å². The Morgan fingerprint density at radius 2 is 1.62 bits per heavy atom. The van der Waals surface area contributed by atoms with E-state index in [2.05, 4.69) is 16.9 Å². The SMILES string of the molecule is CCCCCCCCCc1cncc(C)n1. The molecule has 0 aliphatic rings. The third-order valence-corrected chi connectivity index (χ3v) is 2.84. The lowest BCUT2D eigenvalue weighted by Crippen LogP contribution is -1.94. The van der Waals surface area contributed by atoms with Gasteiger partial charge < -0.3 is 0 Å². The molecule has 90 valence electrons. The van der Waals surface area contributed by atoms with Gasteiger partial charge in [0.1, 0.15) is 0 Å². The zero-order valence-corrected chi connectivity index (χ0v) is 10.7. The number of nitrogens with zero attached hydrogens (tertiary/aromatic N) is 2. The largest absolute Gasteiger partial charge is 0.261 e. The van der Waals surface area contributed by atoms with Crippen LogP contribution in [0.4, 0.5) is 0 Å². The van der Waals surface area contributed by atoms with Crippen molar-refractivity contribution in [3.05, 3.63) is 23.8 Å². The van der Waals surface area contributed by atoms with Crippen molar-refractivity contribution in [2.45, 2.75) is 65.2 Å². The normalized spacial score (nSPS) is 10.6. The fourth-order valence-electron chi connectivity index (χ4n) is 1.90. The molecule has 0 unspecified atom stereocenters. The molecule has 0 saturated carbocycles. The molecule has 2 heteroatoms. The van der Waals surface area contributed by atoms with Crippen LogP contribution in [0.3, 0.4) is 0 Å². The summed E-state index contributed by atoms with van der Waals surface area (Å²) in [5.74, 6) is 0. The van der Waals surface area contributed by atoms with Crippen LogP contribution in [0.1, 0.15) is 63.3 Å². The molecule has 0 N–H and O–H groups in total. The zero-order valence-electron chi connectivity index (χ0n) is 10.7. The maximum absolute atomic E-state index is 4.46. The molecule has 0 aromatic carbocycles. The molecule has 0 aliphatic carbocycles. The smallest absolute Gasteiger partial charge is 0.0589 e. The summed E-state index contributed by atoms with van der Waals surface area (Å²) < 4.78 is 0. The Morgan fingerprint density at radius 1 is 0.938 bits per heavy atom. The molecule has 1 heterocycles. The van der Waals surface area contributed by atoms with Crippen LogP contribution in [0.25, 0.3) is 0 Å². The van der Waals surface area contributed by atoms with Gasteiger partial charge in [0, 0.05) is 12.4 Å². The number of hydrogen-bond donors (Lipinski definition) is 0. The van der Waals surface area contributed by atoms with E-state index >= 15 is 0 Å². The summed E-state index contributed by atoms with van der Waals surface area (Å²) in [5.41, 5.74) is 2.18. The first kappa shape index (κ1) is 13.1. The first-order chi connectivity index (χ1) is 7.83. The third-order valence-electron chi connectivity index (χ3n) is 2.84. The van der Waals surface area contributed by atoms with Gasteiger partial charge in [-0.3, -0.25) is 9.97 Å². The topological polar surface area (TPSA) is 25.8 Å². The van der Waals surface area contributed by atoms with E-state index in [-0.39, 0.29) is 0 Å². The van der Waals surface area contributed by atoms with Gasteiger partial charge in [-0.25, -0.2) is 0 Å². The van der Waals surface area contributed by atoms with E-state index in [9.17, 15) is 0 Å². The van der Waals surface area contributed by atoms with Crippen molar-refractivity contribution in [2.24, 2.45) is 0 Å². The second-order valence-corrected chi connectivity index (χ2v) is 4.52. The van der Waals surface area contributed by atoms with Crippen molar-refractivity contribution in [3.63, 3.8) is 0 Å². The van der Waals surface area contributed by atoms with Crippen LogP contribution >= 0.6 is 0 Å². The summed E-state index contributed by atoms with van der Waals surface area (Å²) in [4.78, 5) is 8.62. The lowest BCUT2D eigenvalue weighted by Gasteiger charge is -2.02. The van der Waals surface area contributed by atoms with E-state index in [0.29, 0.717) is 0 Å². The summed E-state index contributed by atoms with van der Waals surface area (Å²) >= 11 is 0. The molecule has 0 atom stereocenters. The molecule has 2 nitrogen and oxygen atoms in total. The summed E-state index contributed by atoms with van der Waals surface area (Å²) in [5, 5.41) is 0. The summed E-state index contributed by atoms with van der Waals surface area (Å²) in [6.45, 7) is 4.26. The van der Waals surface area contributed by atoms with Gasteiger partial charge in [0.2, 0.25) is 0 Å². The van der Waals surface area contributed by atoms with E-state index in [1.54, 1.807) is 0 Å². The molecule has 0 radical (unpaired) electrons. The lowest BCUT2D eigenvalue weighted by molar-refractivity contribution is 0.586. The minimum Gasteiger partial charge on any atom is -0.261 e. The number of aryl methyl sites for hydroxylation is 2. The minimum atomic E-state index is 1.03. The second-order valence-electron chi connectivity index (χ2n) is 4.52. The Morgan fingerprint density at radius 3 is 2.31 bits per heavy atom. The minimum absolute atomic E-state index is 1.03. The van der Waals surface area contributed by atoms with E-state index in [1.807, 2.05) is 19.3 Å². The highest BCUT2D eigenvalue weighted by molar-refractivity contribution is 5.01. The Kier molecular flexibility index (Phi) is 6.78. The van der Waals surface area contributed by atoms with E-state index in [1.165, 1.54) is 44.9 Å². The molecule has 0 fully saturated rings. The van der Waals surface area contributed by atoms with Gasteiger partial charge in [-0.05, 0) is 19.8 Å². The average molecular weight is 220 g/mol. The first-order valence-corrected chi connectivity index (χ1v) is 6.60. The van der Waals surface area contributed by atoms with Crippen LogP contribution in [0.5, 0.6) is 0 Å². The second kappa shape index (κ2) is 8.26. The Labute approximate surface area is 99.5 Å². The van der Waals surface area contributed by atoms with E-state index < -0.39 is 0 Å². The van der Waals surface area contributed by atoms with Gasteiger partial charge in [0.15, 0.2) is 0 Å². The molecule has 0 saturated heterocycles. The van der Waals surface area contributed by atoms with Crippen molar-refractivity contribution >= 4 is 0 Å². The summed E-state index contributed by atoms with van der Waals surface area (Å²) in [7, 11) is 0. The van der Waals surface area contributed by atoms with Crippen LogP contribution in [-0.2, 0) is 6.42 Å². The summed E-state index contributed by atoms with van der Waals surface area (Å²) in [6.07, 6.45) is 14.3.